The number of ketones is 1. The standard InChI is InChI=1S/C33H38N2O4S/c1-20(2)40-32(34-4)35-29(37)15-11-23-19-28(36)33(3)17-16-26-25-14-12-24(18-22(25)10-13-27(26)30(23)33)39-31(38)21-8-6-5-7-9-21/h5-9,12,14,18,23,26-27,30H,1,10-11,13,15-17,19H2,2-4H3,(H,34,35,37). The van der Waals surface area contributed by atoms with Gasteiger partial charge >= 0.3 is 5.97 Å². The van der Waals surface area contributed by atoms with Crippen molar-refractivity contribution in [1.29, 1.82) is 0 Å². The summed E-state index contributed by atoms with van der Waals surface area (Å²) in [4.78, 5) is 43.7. The van der Waals surface area contributed by atoms with Crippen LogP contribution in [-0.4, -0.2) is 29.9 Å². The van der Waals surface area contributed by atoms with E-state index in [4.69, 9.17) is 4.74 Å². The number of carbonyl (C=O) groups is 3. The monoisotopic (exact) mass is 558 g/mol. The average Bonchev–Trinajstić information content (AvgIpc) is 3.21. The number of amides is 1. The number of nitrogens with one attached hydrogen (secondary N) is 1. The van der Waals surface area contributed by atoms with E-state index >= 15 is 0 Å². The Bertz CT molecular complexity index is 1350. The molecular formula is C33H38N2O4S. The zero-order valence-corrected chi connectivity index (χ0v) is 24.4. The molecule has 0 saturated heterocycles. The Hall–Kier alpha value is -3.19. The first-order chi connectivity index (χ1) is 19.2. The van der Waals surface area contributed by atoms with E-state index in [-0.39, 0.29) is 29.1 Å². The molecule has 0 radical (unpaired) electrons. The van der Waals surface area contributed by atoms with Crippen LogP contribution < -0.4 is 10.1 Å². The summed E-state index contributed by atoms with van der Waals surface area (Å²) in [6.45, 7) is 7.93. The minimum absolute atomic E-state index is 0.0608. The number of fused-ring (bicyclic) bond motifs is 5. The lowest BCUT2D eigenvalue weighted by Gasteiger charge is -2.50. The Labute approximate surface area is 241 Å². The molecule has 3 aliphatic carbocycles. The molecule has 1 amide bonds. The minimum atomic E-state index is -0.352. The maximum Gasteiger partial charge on any atom is 0.343 e. The highest BCUT2D eigenvalue weighted by atomic mass is 32.2. The molecule has 5 atom stereocenters. The third-order valence-corrected chi connectivity index (χ3v) is 10.1. The van der Waals surface area contributed by atoms with Crippen LogP contribution in [0.4, 0.5) is 0 Å². The van der Waals surface area contributed by atoms with E-state index in [2.05, 4.69) is 29.9 Å². The number of carbonyl (C=O) groups excluding carboxylic acids is 3. The maximum atomic E-state index is 13.3. The van der Waals surface area contributed by atoms with Crippen molar-refractivity contribution in [3.63, 3.8) is 0 Å². The first-order valence-corrected chi connectivity index (χ1v) is 15.0. The zero-order valence-electron chi connectivity index (χ0n) is 23.6. The number of nitrogens with zero attached hydrogens (tertiary/aromatic N) is 1. The van der Waals surface area contributed by atoms with Crippen LogP contribution >= 0.6 is 11.8 Å². The fraction of sp³-hybridized carbons (Fsp3) is 0.455. The van der Waals surface area contributed by atoms with Gasteiger partial charge < -0.3 is 10.1 Å². The largest absolute Gasteiger partial charge is 0.423 e. The summed E-state index contributed by atoms with van der Waals surface area (Å²) in [6, 6.07) is 15.1. The van der Waals surface area contributed by atoms with E-state index in [1.165, 1.54) is 22.9 Å². The molecule has 2 saturated carbocycles. The summed E-state index contributed by atoms with van der Waals surface area (Å²) in [7, 11) is 1.66. The predicted molar refractivity (Wildman–Crippen MR) is 159 cm³/mol. The van der Waals surface area contributed by atoms with Crippen LogP contribution in [0.25, 0.3) is 0 Å². The number of hydrogen-bond acceptors (Lipinski definition) is 6. The van der Waals surface area contributed by atoms with Gasteiger partial charge in [0.2, 0.25) is 5.91 Å². The lowest BCUT2D eigenvalue weighted by molar-refractivity contribution is -0.129. The second-order valence-corrected chi connectivity index (χ2v) is 13.0. The third-order valence-electron chi connectivity index (χ3n) is 9.22. The number of allylic oxidation sites excluding steroid dienone is 1. The number of hydrogen-bond donors (Lipinski definition) is 1. The number of rotatable bonds is 6. The quantitative estimate of drug-likeness (QED) is 0.184. The number of thioether (sulfide) groups is 1. The summed E-state index contributed by atoms with van der Waals surface area (Å²) < 4.78 is 5.69. The Morgan fingerprint density at radius 3 is 2.67 bits per heavy atom. The molecule has 7 heteroatoms. The molecular weight excluding hydrogens is 520 g/mol. The second-order valence-electron chi connectivity index (χ2n) is 11.7. The lowest BCUT2D eigenvalue weighted by atomic mass is 9.54. The van der Waals surface area contributed by atoms with Crippen molar-refractivity contribution in [3.8, 4) is 5.75 Å². The molecule has 0 aromatic heterocycles. The number of Topliss-reactive ketones (excluding diaryl/α,β-unsaturated/α-hetero) is 1. The fourth-order valence-corrected chi connectivity index (χ4v) is 8.06. The van der Waals surface area contributed by atoms with Crippen LogP contribution in [0.3, 0.4) is 0 Å². The molecule has 0 heterocycles. The average molecular weight is 559 g/mol. The molecule has 1 N–H and O–H groups in total. The Kier molecular flexibility index (Phi) is 8.31. The highest BCUT2D eigenvalue weighted by molar-refractivity contribution is 8.17. The Morgan fingerprint density at radius 2 is 1.95 bits per heavy atom. The highest BCUT2D eigenvalue weighted by Gasteiger charge is 2.58. The van der Waals surface area contributed by atoms with Crippen molar-refractivity contribution in [2.45, 2.75) is 64.7 Å². The molecule has 3 aliphatic rings. The van der Waals surface area contributed by atoms with Crippen LogP contribution in [0.5, 0.6) is 5.75 Å². The lowest BCUT2D eigenvalue weighted by Crippen LogP contribution is -2.44. The van der Waals surface area contributed by atoms with Gasteiger partial charge in [0.15, 0.2) is 5.17 Å². The summed E-state index contributed by atoms with van der Waals surface area (Å²) in [5, 5.41) is 3.46. The van der Waals surface area contributed by atoms with Gasteiger partial charge in [0.1, 0.15) is 11.5 Å². The van der Waals surface area contributed by atoms with Gasteiger partial charge in [-0.15, -0.1) is 0 Å². The summed E-state index contributed by atoms with van der Waals surface area (Å²) in [5.41, 5.74) is 2.79. The molecule has 5 rings (SSSR count). The van der Waals surface area contributed by atoms with Crippen LogP contribution in [-0.2, 0) is 16.0 Å². The minimum Gasteiger partial charge on any atom is -0.423 e. The SMILES string of the molecule is C=C(C)SC(=NC)NC(=O)CCC1CC(=O)C2(C)CCC3c4ccc(OC(=O)c5ccccc5)cc4CCC3C12. The van der Waals surface area contributed by atoms with Crippen molar-refractivity contribution >= 4 is 34.6 Å². The number of ether oxygens (including phenoxy) is 1. The molecule has 210 valence electrons. The fourth-order valence-electron chi connectivity index (χ4n) is 7.48. The van der Waals surface area contributed by atoms with E-state index < -0.39 is 0 Å². The van der Waals surface area contributed by atoms with Crippen molar-refractivity contribution < 1.29 is 19.1 Å². The molecule has 2 fully saturated rings. The van der Waals surface area contributed by atoms with Crippen LogP contribution in [0.1, 0.15) is 79.8 Å². The number of aryl methyl sites for hydroxylation is 1. The van der Waals surface area contributed by atoms with Crippen molar-refractivity contribution in [1.82, 2.24) is 5.32 Å². The number of amidine groups is 1. The summed E-state index contributed by atoms with van der Waals surface area (Å²) >= 11 is 1.36. The highest BCUT2D eigenvalue weighted by Crippen LogP contribution is 2.62. The Balaban J connectivity index is 1.29. The predicted octanol–water partition coefficient (Wildman–Crippen LogP) is 6.71. The van der Waals surface area contributed by atoms with Crippen LogP contribution in [0.2, 0.25) is 0 Å². The van der Waals surface area contributed by atoms with E-state index in [1.807, 2.05) is 37.3 Å². The summed E-state index contributed by atoms with van der Waals surface area (Å²) in [6.07, 6.45) is 5.42. The molecule has 2 aromatic carbocycles. The van der Waals surface area contributed by atoms with Gasteiger partial charge in [0.25, 0.3) is 0 Å². The van der Waals surface area contributed by atoms with Crippen molar-refractivity contribution in [2.24, 2.45) is 28.2 Å². The van der Waals surface area contributed by atoms with Crippen molar-refractivity contribution in [3.05, 3.63) is 76.7 Å². The first kappa shape index (κ1) is 28.3. The summed E-state index contributed by atoms with van der Waals surface area (Å²) in [5.74, 6) is 1.81. The molecule has 0 aliphatic heterocycles. The van der Waals surface area contributed by atoms with Gasteiger partial charge in [-0.1, -0.05) is 49.5 Å². The van der Waals surface area contributed by atoms with Gasteiger partial charge in [-0.2, -0.15) is 0 Å². The van der Waals surface area contributed by atoms with E-state index in [9.17, 15) is 14.4 Å². The molecule has 6 nitrogen and oxygen atoms in total. The van der Waals surface area contributed by atoms with Gasteiger partial charge in [0, 0.05) is 25.3 Å². The first-order valence-electron chi connectivity index (χ1n) is 14.2. The van der Waals surface area contributed by atoms with Gasteiger partial charge in [-0.25, -0.2) is 4.79 Å². The number of aliphatic imine (C=N–C) groups is 1. The van der Waals surface area contributed by atoms with Crippen LogP contribution in [0, 0.1) is 23.2 Å². The number of esters is 1. The zero-order chi connectivity index (χ0) is 28.4. The molecule has 2 aromatic rings. The molecule has 40 heavy (non-hydrogen) atoms. The smallest absolute Gasteiger partial charge is 0.343 e. The second kappa shape index (κ2) is 11.7. The van der Waals surface area contributed by atoms with E-state index in [1.54, 1.807) is 19.2 Å². The van der Waals surface area contributed by atoms with Gasteiger partial charge in [-0.05, 0) is 103 Å². The molecule has 0 spiro atoms. The van der Waals surface area contributed by atoms with Gasteiger partial charge in [0.05, 0.1) is 5.56 Å². The van der Waals surface area contributed by atoms with Crippen LogP contribution in [0.15, 0.2) is 65.0 Å². The molecule has 5 unspecified atom stereocenters. The van der Waals surface area contributed by atoms with E-state index in [0.717, 1.165) is 30.6 Å². The Morgan fingerprint density at radius 1 is 1.18 bits per heavy atom. The van der Waals surface area contributed by atoms with Crippen molar-refractivity contribution in [2.75, 3.05) is 7.05 Å². The van der Waals surface area contributed by atoms with E-state index in [0.29, 0.717) is 53.4 Å². The van der Waals surface area contributed by atoms with Gasteiger partial charge in [-0.3, -0.25) is 14.6 Å². The normalized spacial score (nSPS) is 27.3. The maximum absolute atomic E-state index is 13.3. The number of benzene rings is 2. The third kappa shape index (κ3) is 5.67. The topological polar surface area (TPSA) is 84.8 Å². The molecule has 0 bridgehead atoms.